The van der Waals surface area contributed by atoms with Crippen LogP contribution in [0.5, 0.6) is 5.75 Å². The summed E-state index contributed by atoms with van der Waals surface area (Å²) in [4.78, 5) is 39.9. The van der Waals surface area contributed by atoms with Crippen molar-refractivity contribution in [3.63, 3.8) is 0 Å². The van der Waals surface area contributed by atoms with E-state index >= 15 is 0 Å². The van der Waals surface area contributed by atoms with Crippen molar-refractivity contribution in [2.45, 2.75) is 25.8 Å². The number of piperidine rings is 1. The highest BCUT2D eigenvalue weighted by Gasteiger charge is 2.50. The molecule has 2 fully saturated rings. The minimum Gasteiger partial charge on any atom is -0.497 e. The summed E-state index contributed by atoms with van der Waals surface area (Å²) < 4.78 is 5.12. The van der Waals surface area contributed by atoms with Gasteiger partial charge in [-0.1, -0.05) is 0 Å². The zero-order chi connectivity index (χ0) is 20.3. The van der Waals surface area contributed by atoms with E-state index in [9.17, 15) is 14.4 Å². The average Bonchev–Trinajstić information content (AvgIpc) is 2.97. The largest absolute Gasteiger partial charge is 0.497 e. The Morgan fingerprint density at radius 1 is 1.18 bits per heavy atom. The predicted octanol–water partition coefficient (Wildman–Crippen LogP) is 0.693. The van der Waals surface area contributed by atoms with Crippen molar-refractivity contribution in [2.24, 2.45) is 5.92 Å². The molecule has 3 rings (SSSR count). The van der Waals surface area contributed by atoms with E-state index in [0.717, 1.165) is 5.75 Å². The van der Waals surface area contributed by atoms with Gasteiger partial charge in [-0.15, -0.1) is 0 Å². The van der Waals surface area contributed by atoms with Crippen molar-refractivity contribution in [1.82, 2.24) is 15.1 Å². The van der Waals surface area contributed by atoms with Crippen molar-refractivity contribution >= 4 is 23.4 Å². The normalized spacial score (nSPS) is 24.4. The predicted molar refractivity (Wildman–Crippen MR) is 105 cm³/mol. The molecule has 2 N–H and O–H groups in total. The molecule has 1 aromatic rings. The Hall–Kier alpha value is -2.61. The Labute approximate surface area is 165 Å². The number of carbonyl (C=O) groups is 3. The minimum atomic E-state index is -0.377. The molecule has 3 amide bonds. The fourth-order valence-corrected chi connectivity index (χ4v) is 4.33. The summed E-state index contributed by atoms with van der Waals surface area (Å²) >= 11 is 0. The third-order valence-corrected chi connectivity index (χ3v) is 5.65. The number of benzene rings is 1. The summed E-state index contributed by atoms with van der Waals surface area (Å²) in [6.45, 7) is 5.83. The van der Waals surface area contributed by atoms with Crippen LogP contribution in [0.25, 0.3) is 0 Å². The first-order valence-corrected chi connectivity index (χ1v) is 9.52. The standard InChI is InChI=1S/C20H28N4O4/c1-14(25)22-20-8-9-24(15(2)26)11-16(20)10-23(13-20)12-19(27)21-17-4-6-18(28-3)7-5-17/h4-7,16H,8-13H2,1-3H3,(H,21,27)(H,22,25)/t16-,20+/m0/s1. The molecule has 0 saturated carbocycles. The van der Waals surface area contributed by atoms with Gasteiger partial charge in [-0.2, -0.15) is 0 Å². The highest BCUT2D eigenvalue weighted by molar-refractivity contribution is 5.92. The van der Waals surface area contributed by atoms with Gasteiger partial charge in [-0.05, 0) is 30.7 Å². The van der Waals surface area contributed by atoms with Crippen LogP contribution in [-0.2, 0) is 14.4 Å². The van der Waals surface area contributed by atoms with Gasteiger partial charge in [0.15, 0.2) is 0 Å². The van der Waals surface area contributed by atoms with Gasteiger partial charge in [0.1, 0.15) is 5.75 Å². The minimum absolute atomic E-state index is 0.0483. The molecule has 2 saturated heterocycles. The van der Waals surface area contributed by atoms with E-state index in [0.29, 0.717) is 38.3 Å². The Morgan fingerprint density at radius 3 is 2.50 bits per heavy atom. The van der Waals surface area contributed by atoms with Crippen LogP contribution in [0.15, 0.2) is 24.3 Å². The lowest BCUT2D eigenvalue weighted by Crippen LogP contribution is -2.61. The van der Waals surface area contributed by atoms with Gasteiger partial charge in [0.05, 0.1) is 19.2 Å². The molecule has 0 unspecified atom stereocenters. The third kappa shape index (κ3) is 4.44. The van der Waals surface area contributed by atoms with Crippen molar-refractivity contribution in [1.29, 1.82) is 0 Å². The third-order valence-electron chi connectivity index (χ3n) is 5.65. The number of carbonyl (C=O) groups excluding carboxylic acids is 3. The van der Waals surface area contributed by atoms with E-state index in [4.69, 9.17) is 4.74 Å². The molecule has 2 heterocycles. The van der Waals surface area contributed by atoms with E-state index < -0.39 is 0 Å². The Bertz CT molecular complexity index is 751. The van der Waals surface area contributed by atoms with Gasteiger partial charge in [0, 0.05) is 51.6 Å². The summed E-state index contributed by atoms with van der Waals surface area (Å²) in [5.74, 6) is 0.708. The van der Waals surface area contributed by atoms with Gasteiger partial charge in [0.2, 0.25) is 17.7 Å². The van der Waals surface area contributed by atoms with E-state index in [-0.39, 0.29) is 35.7 Å². The molecule has 8 nitrogen and oxygen atoms in total. The Kier molecular flexibility index (Phi) is 5.88. The van der Waals surface area contributed by atoms with Crippen LogP contribution < -0.4 is 15.4 Å². The first-order valence-electron chi connectivity index (χ1n) is 9.52. The number of fused-ring (bicyclic) bond motifs is 1. The number of likely N-dealkylation sites (tertiary alicyclic amines) is 2. The number of nitrogens with zero attached hydrogens (tertiary/aromatic N) is 2. The maximum Gasteiger partial charge on any atom is 0.238 e. The molecule has 0 aliphatic carbocycles. The molecular weight excluding hydrogens is 360 g/mol. The fourth-order valence-electron chi connectivity index (χ4n) is 4.33. The molecular formula is C20H28N4O4. The molecule has 2 aliphatic heterocycles. The molecule has 0 spiro atoms. The fraction of sp³-hybridized carbons (Fsp3) is 0.550. The van der Waals surface area contributed by atoms with Crippen molar-refractivity contribution in [3.05, 3.63) is 24.3 Å². The van der Waals surface area contributed by atoms with Gasteiger partial charge in [-0.25, -0.2) is 0 Å². The van der Waals surface area contributed by atoms with Crippen molar-refractivity contribution in [2.75, 3.05) is 45.2 Å². The molecule has 0 bridgehead atoms. The second kappa shape index (κ2) is 8.18. The van der Waals surface area contributed by atoms with E-state index in [2.05, 4.69) is 15.5 Å². The maximum absolute atomic E-state index is 12.5. The summed E-state index contributed by atoms with van der Waals surface area (Å²) in [5.41, 5.74) is 0.333. The topological polar surface area (TPSA) is 91.0 Å². The SMILES string of the molecule is COc1ccc(NC(=O)CN2C[C@H]3CN(C(C)=O)CC[C@@]3(NC(C)=O)C2)cc1. The number of nitrogens with one attached hydrogen (secondary N) is 2. The number of hydrogen-bond acceptors (Lipinski definition) is 5. The number of amides is 3. The monoisotopic (exact) mass is 388 g/mol. The molecule has 8 heteroatoms. The number of hydrogen-bond donors (Lipinski definition) is 2. The first-order chi connectivity index (χ1) is 13.3. The first kappa shape index (κ1) is 20.1. The number of anilines is 1. The summed E-state index contributed by atoms with van der Waals surface area (Å²) in [7, 11) is 1.60. The molecule has 2 atom stereocenters. The van der Waals surface area contributed by atoms with E-state index in [1.54, 1.807) is 38.3 Å². The van der Waals surface area contributed by atoms with Crippen LogP contribution in [0.2, 0.25) is 0 Å². The molecule has 1 aromatic carbocycles. The lowest BCUT2D eigenvalue weighted by molar-refractivity contribution is -0.132. The number of rotatable bonds is 5. The molecule has 2 aliphatic rings. The molecule has 28 heavy (non-hydrogen) atoms. The van der Waals surface area contributed by atoms with Crippen LogP contribution >= 0.6 is 0 Å². The maximum atomic E-state index is 12.5. The lowest BCUT2D eigenvalue weighted by atomic mass is 9.80. The number of methoxy groups -OCH3 is 1. The van der Waals surface area contributed by atoms with Crippen LogP contribution in [0.3, 0.4) is 0 Å². The summed E-state index contributed by atoms with van der Waals surface area (Å²) in [6.07, 6.45) is 0.702. The van der Waals surface area contributed by atoms with Gasteiger partial charge < -0.3 is 20.3 Å². The Balaban J connectivity index is 1.63. The highest BCUT2D eigenvalue weighted by atomic mass is 16.5. The second-order valence-electron chi connectivity index (χ2n) is 7.70. The summed E-state index contributed by atoms with van der Waals surface area (Å²) in [5, 5.41) is 6.01. The zero-order valence-electron chi connectivity index (χ0n) is 16.7. The number of ether oxygens (including phenoxy) is 1. The quantitative estimate of drug-likeness (QED) is 0.775. The molecule has 152 valence electrons. The van der Waals surface area contributed by atoms with Gasteiger partial charge >= 0.3 is 0 Å². The highest BCUT2D eigenvalue weighted by Crippen LogP contribution is 2.35. The van der Waals surface area contributed by atoms with Crippen LogP contribution in [0, 0.1) is 5.92 Å². The van der Waals surface area contributed by atoms with Crippen LogP contribution in [-0.4, -0.2) is 72.9 Å². The van der Waals surface area contributed by atoms with Gasteiger partial charge in [0.25, 0.3) is 0 Å². The van der Waals surface area contributed by atoms with E-state index in [1.165, 1.54) is 6.92 Å². The smallest absolute Gasteiger partial charge is 0.238 e. The molecule has 0 radical (unpaired) electrons. The van der Waals surface area contributed by atoms with Crippen molar-refractivity contribution in [3.8, 4) is 5.75 Å². The lowest BCUT2D eigenvalue weighted by Gasteiger charge is -2.43. The van der Waals surface area contributed by atoms with Gasteiger partial charge in [-0.3, -0.25) is 19.3 Å². The second-order valence-corrected chi connectivity index (χ2v) is 7.70. The zero-order valence-corrected chi connectivity index (χ0v) is 16.7. The average molecular weight is 388 g/mol. The molecule has 0 aromatic heterocycles. The summed E-state index contributed by atoms with van der Waals surface area (Å²) in [6, 6.07) is 7.18. The van der Waals surface area contributed by atoms with Crippen LogP contribution in [0.1, 0.15) is 20.3 Å². The van der Waals surface area contributed by atoms with Crippen molar-refractivity contribution < 1.29 is 19.1 Å². The Morgan fingerprint density at radius 2 is 1.89 bits per heavy atom. The van der Waals surface area contributed by atoms with E-state index in [1.807, 2.05) is 4.90 Å². The van der Waals surface area contributed by atoms with Crippen LogP contribution in [0.4, 0.5) is 5.69 Å².